The van der Waals surface area contributed by atoms with Crippen LogP contribution in [0.2, 0.25) is 0 Å². The van der Waals surface area contributed by atoms with Crippen LogP contribution in [0, 0.1) is 5.92 Å². The number of nitrogens with one attached hydrogen (secondary N) is 1. The molecule has 0 aromatic carbocycles. The smallest absolute Gasteiger partial charge is 0.0825 e. The summed E-state index contributed by atoms with van der Waals surface area (Å²) < 4.78 is 5.69. The standard InChI is InChI=1S/C15H32ClNO2/c1-6-8-15(4,19-5)9-13(7-2)11-17-12(3)14(18)10-16/h12-14,17-18H,6-11H2,1-5H3. The minimum Gasteiger partial charge on any atom is -0.390 e. The molecule has 0 saturated carbocycles. The molecule has 4 atom stereocenters. The molecule has 0 saturated heterocycles. The van der Waals surface area contributed by atoms with E-state index in [1.807, 2.05) is 6.92 Å². The van der Waals surface area contributed by atoms with Crippen molar-refractivity contribution in [3.05, 3.63) is 0 Å². The molecule has 0 aliphatic carbocycles. The van der Waals surface area contributed by atoms with E-state index in [0.717, 1.165) is 32.2 Å². The average molecular weight is 294 g/mol. The Hall–Kier alpha value is 0.170. The second kappa shape index (κ2) is 9.98. The first kappa shape index (κ1) is 19.2. The molecule has 0 amide bonds. The lowest BCUT2D eigenvalue weighted by atomic mass is 9.86. The molecule has 0 rings (SSSR count). The molecule has 0 radical (unpaired) electrons. The van der Waals surface area contributed by atoms with Crippen LogP contribution in [0.4, 0.5) is 0 Å². The zero-order chi connectivity index (χ0) is 14.9. The monoisotopic (exact) mass is 293 g/mol. The highest BCUT2D eigenvalue weighted by atomic mass is 35.5. The fraction of sp³-hybridized carbons (Fsp3) is 1.00. The maximum Gasteiger partial charge on any atom is 0.0825 e. The summed E-state index contributed by atoms with van der Waals surface area (Å²) in [6.07, 6.45) is 3.89. The Balaban J connectivity index is 4.27. The van der Waals surface area contributed by atoms with Crippen LogP contribution in [-0.4, -0.2) is 42.4 Å². The van der Waals surface area contributed by atoms with Gasteiger partial charge in [-0.1, -0.05) is 26.7 Å². The molecule has 3 nitrogen and oxygen atoms in total. The van der Waals surface area contributed by atoms with E-state index in [1.165, 1.54) is 0 Å². The van der Waals surface area contributed by atoms with Gasteiger partial charge in [-0.15, -0.1) is 11.6 Å². The molecule has 0 fully saturated rings. The van der Waals surface area contributed by atoms with Crippen molar-refractivity contribution in [2.45, 2.75) is 71.1 Å². The van der Waals surface area contributed by atoms with Gasteiger partial charge in [-0.2, -0.15) is 0 Å². The van der Waals surface area contributed by atoms with E-state index in [-0.39, 0.29) is 17.5 Å². The molecule has 4 unspecified atom stereocenters. The van der Waals surface area contributed by atoms with Crippen molar-refractivity contribution < 1.29 is 9.84 Å². The fourth-order valence-corrected chi connectivity index (χ4v) is 2.68. The molecule has 2 N–H and O–H groups in total. The third kappa shape index (κ3) is 7.50. The SMILES string of the molecule is CCCC(C)(CC(CC)CNC(C)C(O)CCl)OC. The van der Waals surface area contributed by atoms with Gasteiger partial charge in [-0.05, 0) is 39.2 Å². The molecule has 116 valence electrons. The molecule has 0 heterocycles. The summed E-state index contributed by atoms with van der Waals surface area (Å²) in [6, 6.07) is 0.0338. The fourth-order valence-electron chi connectivity index (χ4n) is 2.41. The van der Waals surface area contributed by atoms with E-state index in [2.05, 4.69) is 26.1 Å². The van der Waals surface area contributed by atoms with E-state index in [4.69, 9.17) is 16.3 Å². The minimum atomic E-state index is -0.483. The van der Waals surface area contributed by atoms with Crippen molar-refractivity contribution in [1.82, 2.24) is 5.32 Å². The van der Waals surface area contributed by atoms with Crippen LogP contribution < -0.4 is 5.32 Å². The number of hydrogen-bond donors (Lipinski definition) is 2. The van der Waals surface area contributed by atoms with Crippen LogP contribution in [0.25, 0.3) is 0 Å². The second-order valence-electron chi connectivity index (χ2n) is 5.80. The Kier molecular flexibility index (Phi) is 10.1. The first-order valence-electron chi connectivity index (χ1n) is 7.45. The first-order valence-corrected chi connectivity index (χ1v) is 7.98. The van der Waals surface area contributed by atoms with E-state index < -0.39 is 6.10 Å². The summed E-state index contributed by atoms with van der Waals surface area (Å²) >= 11 is 5.66. The Labute approximate surface area is 124 Å². The molecule has 0 aromatic rings. The van der Waals surface area contributed by atoms with Gasteiger partial charge in [0.1, 0.15) is 0 Å². The highest BCUT2D eigenvalue weighted by molar-refractivity contribution is 6.18. The number of ether oxygens (including phenoxy) is 1. The van der Waals surface area contributed by atoms with Gasteiger partial charge in [-0.3, -0.25) is 0 Å². The lowest BCUT2D eigenvalue weighted by molar-refractivity contribution is -0.0221. The van der Waals surface area contributed by atoms with Gasteiger partial charge in [-0.25, -0.2) is 0 Å². The summed E-state index contributed by atoms with van der Waals surface area (Å²) in [7, 11) is 1.80. The maximum atomic E-state index is 9.66. The van der Waals surface area contributed by atoms with Crippen LogP contribution in [0.5, 0.6) is 0 Å². The predicted octanol–water partition coefficient (Wildman–Crippen LogP) is 3.19. The van der Waals surface area contributed by atoms with Crippen LogP contribution >= 0.6 is 11.6 Å². The summed E-state index contributed by atoms with van der Waals surface area (Å²) in [5.74, 6) is 0.831. The Bertz CT molecular complexity index is 228. The van der Waals surface area contributed by atoms with Gasteiger partial charge in [0, 0.05) is 19.0 Å². The Morgan fingerprint density at radius 3 is 2.42 bits per heavy atom. The van der Waals surface area contributed by atoms with Gasteiger partial charge in [0.25, 0.3) is 0 Å². The van der Waals surface area contributed by atoms with Crippen LogP contribution in [0.1, 0.15) is 53.4 Å². The molecule has 4 heteroatoms. The number of halogens is 1. The summed E-state index contributed by atoms with van der Waals surface area (Å²) in [5.41, 5.74) is -0.0363. The van der Waals surface area contributed by atoms with E-state index in [9.17, 15) is 5.11 Å². The lowest BCUT2D eigenvalue weighted by Crippen LogP contribution is -2.42. The van der Waals surface area contributed by atoms with E-state index in [1.54, 1.807) is 7.11 Å². The number of aliphatic hydroxyl groups is 1. The summed E-state index contributed by atoms with van der Waals surface area (Å²) in [5, 5.41) is 13.0. The number of aliphatic hydroxyl groups excluding tert-OH is 1. The molecule has 0 aliphatic heterocycles. The van der Waals surface area contributed by atoms with Gasteiger partial charge in [0.2, 0.25) is 0 Å². The maximum absolute atomic E-state index is 9.66. The van der Waals surface area contributed by atoms with Crippen molar-refractivity contribution in [3.63, 3.8) is 0 Å². The highest BCUT2D eigenvalue weighted by Crippen LogP contribution is 2.27. The number of methoxy groups -OCH3 is 1. The molecule has 0 spiro atoms. The van der Waals surface area contributed by atoms with Crippen LogP contribution in [0.3, 0.4) is 0 Å². The molecule has 19 heavy (non-hydrogen) atoms. The van der Waals surface area contributed by atoms with E-state index >= 15 is 0 Å². The third-order valence-electron chi connectivity index (χ3n) is 4.03. The topological polar surface area (TPSA) is 41.5 Å². The van der Waals surface area contributed by atoms with Crippen molar-refractivity contribution in [2.24, 2.45) is 5.92 Å². The Morgan fingerprint density at radius 1 is 1.37 bits per heavy atom. The van der Waals surface area contributed by atoms with Gasteiger partial charge in [0.15, 0.2) is 0 Å². The van der Waals surface area contributed by atoms with E-state index in [0.29, 0.717) is 5.92 Å². The zero-order valence-electron chi connectivity index (χ0n) is 13.2. The van der Waals surface area contributed by atoms with Crippen LogP contribution in [-0.2, 0) is 4.74 Å². The average Bonchev–Trinajstić information content (AvgIpc) is 2.42. The van der Waals surface area contributed by atoms with Crippen molar-refractivity contribution >= 4 is 11.6 Å². The molecule has 0 bridgehead atoms. The quantitative estimate of drug-likeness (QED) is 0.575. The molecular formula is C15H32ClNO2. The minimum absolute atomic E-state index is 0.0338. The zero-order valence-corrected chi connectivity index (χ0v) is 14.0. The highest BCUT2D eigenvalue weighted by Gasteiger charge is 2.26. The molecular weight excluding hydrogens is 262 g/mol. The lowest BCUT2D eigenvalue weighted by Gasteiger charge is -2.32. The summed E-state index contributed by atoms with van der Waals surface area (Å²) in [4.78, 5) is 0. The van der Waals surface area contributed by atoms with Gasteiger partial charge in [0.05, 0.1) is 11.7 Å². The number of hydrogen-bond acceptors (Lipinski definition) is 3. The molecule has 0 aromatic heterocycles. The largest absolute Gasteiger partial charge is 0.390 e. The van der Waals surface area contributed by atoms with Crippen LogP contribution in [0.15, 0.2) is 0 Å². The first-order chi connectivity index (χ1) is 8.92. The number of rotatable bonds is 11. The number of alkyl halides is 1. The van der Waals surface area contributed by atoms with Crippen molar-refractivity contribution in [2.75, 3.05) is 19.5 Å². The van der Waals surface area contributed by atoms with Gasteiger partial charge >= 0.3 is 0 Å². The normalized spacial score (nSPS) is 19.7. The Morgan fingerprint density at radius 2 is 2.00 bits per heavy atom. The summed E-state index contributed by atoms with van der Waals surface area (Å²) in [6.45, 7) is 9.46. The van der Waals surface area contributed by atoms with Crippen molar-refractivity contribution in [1.29, 1.82) is 0 Å². The van der Waals surface area contributed by atoms with Crippen molar-refractivity contribution in [3.8, 4) is 0 Å². The second-order valence-corrected chi connectivity index (χ2v) is 6.11. The third-order valence-corrected chi connectivity index (χ3v) is 4.35. The van der Waals surface area contributed by atoms with Gasteiger partial charge < -0.3 is 15.2 Å². The molecule has 0 aliphatic rings. The predicted molar refractivity (Wildman–Crippen MR) is 82.9 cm³/mol.